The summed E-state index contributed by atoms with van der Waals surface area (Å²) in [4.78, 5) is 53.5. The molecule has 2 aliphatic heterocycles. The van der Waals surface area contributed by atoms with Crippen LogP contribution in [0.2, 0.25) is 0 Å². The molecule has 4 amide bonds. The lowest BCUT2D eigenvalue weighted by molar-refractivity contribution is -0.160. The molecule has 6 aliphatic rings. The molecule has 1 aromatic rings. The van der Waals surface area contributed by atoms with Crippen molar-refractivity contribution >= 4 is 29.3 Å². The minimum absolute atomic E-state index is 0.121. The van der Waals surface area contributed by atoms with Crippen molar-refractivity contribution in [2.75, 3.05) is 11.9 Å². The lowest BCUT2D eigenvalue weighted by atomic mass is 9.49. The van der Waals surface area contributed by atoms with Crippen LogP contribution in [-0.2, 0) is 24.6 Å². The lowest BCUT2D eigenvalue weighted by Gasteiger charge is -2.56. The van der Waals surface area contributed by atoms with Crippen molar-refractivity contribution in [3.8, 4) is 0 Å². The first-order valence-electron chi connectivity index (χ1n) is 13.9. The van der Waals surface area contributed by atoms with Crippen LogP contribution < -0.4 is 10.6 Å². The molecule has 7 rings (SSSR count). The van der Waals surface area contributed by atoms with Crippen molar-refractivity contribution in [3.05, 3.63) is 29.8 Å². The smallest absolute Gasteiger partial charge is 0.247 e. The molecule has 2 atom stereocenters. The highest BCUT2D eigenvalue weighted by molar-refractivity contribution is 6.03. The molecule has 4 aliphatic carbocycles. The lowest BCUT2D eigenvalue weighted by Crippen LogP contribution is -2.56. The molecule has 192 valence electrons. The summed E-state index contributed by atoms with van der Waals surface area (Å²) in [5.41, 5.74) is 0.572. The normalized spacial score (nSPS) is 37.2. The summed E-state index contributed by atoms with van der Waals surface area (Å²) in [6.45, 7) is 2.63. The van der Waals surface area contributed by atoms with E-state index >= 15 is 0 Å². The van der Waals surface area contributed by atoms with Crippen LogP contribution >= 0.6 is 0 Å². The number of piperidine rings is 1. The first kappa shape index (κ1) is 23.7. The summed E-state index contributed by atoms with van der Waals surface area (Å²) in [7, 11) is 0. The van der Waals surface area contributed by atoms with Crippen molar-refractivity contribution in [2.24, 2.45) is 23.2 Å². The molecule has 2 saturated heterocycles. The third-order valence-corrected chi connectivity index (χ3v) is 10.1. The number of nitrogens with one attached hydrogen (secondary N) is 2. The predicted octanol–water partition coefficient (Wildman–Crippen LogP) is 3.92. The second-order valence-electron chi connectivity index (χ2n) is 12.2. The van der Waals surface area contributed by atoms with Crippen LogP contribution in [0.1, 0.15) is 83.1 Å². The van der Waals surface area contributed by atoms with Gasteiger partial charge in [0.2, 0.25) is 23.6 Å². The van der Waals surface area contributed by atoms with E-state index in [9.17, 15) is 19.2 Å². The number of rotatable bonds is 5. The Balaban J connectivity index is 1.15. The number of benzene rings is 1. The average Bonchev–Trinajstić information content (AvgIpc) is 3.34. The highest BCUT2D eigenvalue weighted by atomic mass is 16.2. The number of carbonyl (C=O) groups excluding carboxylic acids is 4. The zero-order valence-corrected chi connectivity index (χ0v) is 21.2. The van der Waals surface area contributed by atoms with Gasteiger partial charge in [0.05, 0.1) is 10.8 Å². The molecular weight excluding hydrogens is 454 g/mol. The molecule has 4 bridgehead atoms. The molecule has 4 saturated carbocycles. The molecule has 0 spiro atoms. The van der Waals surface area contributed by atoms with Crippen LogP contribution in [0.3, 0.4) is 0 Å². The number of nitrogens with zero attached hydrogens (tertiary/aromatic N) is 1. The fraction of sp³-hybridized carbons (Fsp3) is 0.655. The highest BCUT2D eigenvalue weighted by Crippen LogP contribution is 2.60. The van der Waals surface area contributed by atoms with Gasteiger partial charge in [0.25, 0.3) is 0 Å². The zero-order valence-electron chi connectivity index (χ0n) is 21.2. The van der Waals surface area contributed by atoms with Gasteiger partial charge >= 0.3 is 0 Å². The van der Waals surface area contributed by atoms with E-state index in [0.29, 0.717) is 55.7 Å². The maximum Gasteiger partial charge on any atom is 0.247 e. The molecule has 1 aromatic carbocycles. The number of imide groups is 1. The first-order valence-corrected chi connectivity index (χ1v) is 13.9. The maximum absolute atomic E-state index is 13.9. The van der Waals surface area contributed by atoms with Gasteiger partial charge in [0.15, 0.2) is 0 Å². The minimum Gasteiger partial charge on any atom is -0.330 e. The van der Waals surface area contributed by atoms with Gasteiger partial charge in [-0.3, -0.25) is 24.5 Å². The number of carbonyl (C=O) groups is 4. The average molecular weight is 492 g/mol. The van der Waals surface area contributed by atoms with Gasteiger partial charge in [-0.1, -0.05) is 19.1 Å². The largest absolute Gasteiger partial charge is 0.330 e. The fourth-order valence-electron chi connectivity index (χ4n) is 8.62. The van der Waals surface area contributed by atoms with Crippen LogP contribution in [0.4, 0.5) is 5.69 Å². The van der Waals surface area contributed by atoms with E-state index in [1.807, 2.05) is 36.1 Å². The van der Waals surface area contributed by atoms with Crippen LogP contribution in [0.25, 0.3) is 0 Å². The van der Waals surface area contributed by atoms with Gasteiger partial charge in [0, 0.05) is 18.7 Å². The number of hydrogen-bond acceptors (Lipinski definition) is 4. The Bertz CT molecular complexity index is 1060. The van der Waals surface area contributed by atoms with Crippen molar-refractivity contribution in [1.29, 1.82) is 0 Å². The molecule has 0 radical (unpaired) electrons. The molecule has 2 N–H and O–H groups in total. The molecule has 0 aromatic heterocycles. The monoisotopic (exact) mass is 491 g/mol. The Hall–Kier alpha value is -2.70. The summed E-state index contributed by atoms with van der Waals surface area (Å²) < 4.78 is 0. The molecule has 2 unspecified atom stereocenters. The predicted molar refractivity (Wildman–Crippen MR) is 135 cm³/mol. The highest BCUT2D eigenvalue weighted by Gasteiger charge is 2.56. The molecular formula is C29H37N3O4. The fourth-order valence-corrected chi connectivity index (χ4v) is 8.62. The second kappa shape index (κ2) is 8.70. The van der Waals surface area contributed by atoms with Crippen LogP contribution in [0, 0.1) is 23.2 Å². The quantitative estimate of drug-likeness (QED) is 0.611. The number of anilines is 1. The van der Waals surface area contributed by atoms with E-state index in [0.717, 1.165) is 31.2 Å². The summed E-state index contributed by atoms with van der Waals surface area (Å²) in [5.74, 6) is 1.74. The van der Waals surface area contributed by atoms with E-state index in [1.165, 1.54) is 19.3 Å². The second-order valence-corrected chi connectivity index (χ2v) is 12.2. The van der Waals surface area contributed by atoms with Gasteiger partial charge in [-0.15, -0.1) is 0 Å². The Morgan fingerprint density at radius 3 is 2.25 bits per heavy atom. The third-order valence-electron chi connectivity index (χ3n) is 10.1. The van der Waals surface area contributed by atoms with Gasteiger partial charge in [0.1, 0.15) is 6.04 Å². The summed E-state index contributed by atoms with van der Waals surface area (Å²) in [5, 5.41) is 5.51. The van der Waals surface area contributed by atoms with Crippen molar-refractivity contribution < 1.29 is 19.2 Å². The maximum atomic E-state index is 13.9. The van der Waals surface area contributed by atoms with E-state index in [4.69, 9.17) is 0 Å². The van der Waals surface area contributed by atoms with Gasteiger partial charge < -0.3 is 10.2 Å². The topological polar surface area (TPSA) is 95.6 Å². The van der Waals surface area contributed by atoms with Crippen LogP contribution in [0.5, 0.6) is 0 Å². The van der Waals surface area contributed by atoms with Crippen LogP contribution in [-0.4, -0.2) is 41.1 Å². The SMILES string of the molecule is CCC1(c2ccc(NC(=O)C3CCCN3C(=O)C34CC5CC(CC(C5)C3)C4)cc2)CCC(=O)NC1=O. The van der Waals surface area contributed by atoms with E-state index in [2.05, 4.69) is 10.6 Å². The summed E-state index contributed by atoms with van der Waals surface area (Å²) in [6, 6.07) is 6.99. The third kappa shape index (κ3) is 3.77. The van der Waals surface area contributed by atoms with Gasteiger partial charge in [-0.25, -0.2) is 0 Å². The Labute approximate surface area is 212 Å². The van der Waals surface area contributed by atoms with Crippen molar-refractivity contribution in [2.45, 2.75) is 89.0 Å². The van der Waals surface area contributed by atoms with E-state index in [-0.39, 0.29) is 29.0 Å². The van der Waals surface area contributed by atoms with Crippen LogP contribution in [0.15, 0.2) is 24.3 Å². The molecule has 2 heterocycles. The van der Waals surface area contributed by atoms with E-state index < -0.39 is 11.5 Å². The summed E-state index contributed by atoms with van der Waals surface area (Å²) in [6.07, 6.45) is 9.92. The molecule has 36 heavy (non-hydrogen) atoms. The Morgan fingerprint density at radius 1 is 1.03 bits per heavy atom. The standard InChI is InChI=1S/C29H37N3O4/c1-2-29(10-9-24(33)31-26(29)35)21-5-7-22(8-6-21)30-25(34)23-4-3-11-32(23)27(36)28-15-18-12-19(16-28)14-20(13-18)17-28/h5-8,18-20,23H,2-4,9-17H2,1H3,(H,30,34)(H,31,33,35). The molecule has 6 fully saturated rings. The minimum atomic E-state index is -0.719. The number of amides is 4. The number of likely N-dealkylation sites (tertiary alicyclic amines) is 1. The molecule has 7 heteroatoms. The van der Waals surface area contributed by atoms with Crippen molar-refractivity contribution in [1.82, 2.24) is 10.2 Å². The summed E-state index contributed by atoms with van der Waals surface area (Å²) >= 11 is 0. The van der Waals surface area contributed by atoms with Gasteiger partial charge in [-0.05, 0) is 99.7 Å². The number of hydrogen-bond donors (Lipinski definition) is 2. The first-order chi connectivity index (χ1) is 17.3. The van der Waals surface area contributed by atoms with E-state index in [1.54, 1.807) is 0 Å². The Kier molecular flexibility index (Phi) is 5.73. The van der Waals surface area contributed by atoms with Crippen molar-refractivity contribution in [3.63, 3.8) is 0 Å². The molecule has 7 nitrogen and oxygen atoms in total. The van der Waals surface area contributed by atoms with Gasteiger partial charge in [-0.2, -0.15) is 0 Å². The Morgan fingerprint density at radius 2 is 1.67 bits per heavy atom. The zero-order chi connectivity index (χ0) is 25.1.